The highest BCUT2D eigenvalue weighted by atomic mass is 32.1. The summed E-state index contributed by atoms with van der Waals surface area (Å²) >= 11 is 1.43. The standard InChI is InChI=1S/C21H12FN3OS/c22-12-5-6-17-15(11-12)19(26)18-14-3-1-2-4-16(14)25-21(20(18)27-17)24-13-7-9-23-10-8-13/h1-11H,(H,23,24,25). The van der Waals surface area contributed by atoms with E-state index in [9.17, 15) is 9.18 Å². The van der Waals surface area contributed by atoms with E-state index in [1.807, 2.05) is 36.4 Å². The Balaban J connectivity index is 1.92. The van der Waals surface area contributed by atoms with Crippen LogP contribution >= 0.6 is 11.3 Å². The number of nitrogens with zero attached hydrogens (tertiary/aromatic N) is 2. The molecule has 0 aliphatic rings. The van der Waals surface area contributed by atoms with Crippen LogP contribution in [0, 0.1) is 5.82 Å². The molecule has 4 nitrogen and oxygen atoms in total. The van der Waals surface area contributed by atoms with Gasteiger partial charge in [-0.1, -0.05) is 18.2 Å². The second kappa shape index (κ2) is 6.10. The van der Waals surface area contributed by atoms with Gasteiger partial charge in [0.15, 0.2) is 5.43 Å². The molecular weight excluding hydrogens is 361 g/mol. The van der Waals surface area contributed by atoms with Crippen LogP contribution in [0.2, 0.25) is 0 Å². The molecule has 0 saturated heterocycles. The zero-order chi connectivity index (χ0) is 18.4. The van der Waals surface area contributed by atoms with Gasteiger partial charge in [0.25, 0.3) is 0 Å². The molecule has 0 bridgehead atoms. The Kier molecular flexibility index (Phi) is 3.58. The first-order chi connectivity index (χ1) is 13.2. The summed E-state index contributed by atoms with van der Waals surface area (Å²) in [4.78, 5) is 22.0. The van der Waals surface area contributed by atoms with Gasteiger partial charge in [0, 0.05) is 33.6 Å². The minimum absolute atomic E-state index is 0.186. The van der Waals surface area contributed by atoms with Crippen LogP contribution < -0.4 is 10.7 Å². The summed E-state index contributed by atoms with van der Waals surface area (Å²) in [5.41, 5.74) is 1.35. The molecule has 5 aromatic rings. The summed E-state index contributed by atoms with van der Waals surface area (Å²) in [7, 11) is 0. The Bertz CT molecular complexity index is 1380. The molecule has 27 heavy (non-hydrogen) atoms. The van der Waals surface area contributed by atoms with E-state index in [1.165, 1.54) is 23.5 Å². The maximum absolute atomic E-state index is 13.7. The van der Waals surface area contributed by atoms with E-state index in [0.29, 0.717) is 22.1 Å². The largest absolute Gasteiger partial charge is 0.339 e. The van der Waals surface area contributed by atoms with E-state index < -0.39 is 5.82 Å². The lowest BCUT2D eigenvalue weighted by atomic mass is 10.1. The fourth-order valence-corrected chi connectivity index (χ4v) is 4.30. The lowest BCUT2D eigenvalue weighted by molar-refractivity contribution is 0.630. The maximum Gasteiger partial charge on any atom is 0.196 e. The van der Waals surface area contributed by atoms with Crippen molar-refractivity contribution < 1.29 is 4.39 Å². The number of rotatable bonds is 2. The SMILES string of the molecule is O=c1c2cc(F)ccc2sc2c(Nc3ccncc3)nc3ccccc3c12. The molecule has 0 amide bonds. The van der Waals surface area contributed by atoms with Crippen LogP contribution in [0.3, 0.4) is 0 Å². The van der Waals surface area contributed by atoms with Gasteiger partial charge in [0.1, 0.15) is 11.6 Å². The third-order valence-electron chi connectivity index (χ3n) is 4.42. The van der Waals surface area contributed by atoms with Gasteiger partial charge in [-0.2, -0.15) is 0 Å². The highest BCUT2D eigenvalue weighted by molar-refractivity contribution is 7.25. The predicted molar refractivity (Wildman–Crippen MR) is 108 cm³/mol. The molecule has 0 atom stereocenters. The number of anilines is 2. The molecular formula is C21H12FN3OS. The van der Waals surface area contributed by atoms with Gasteiger partial charge >= 0.3 is 0 Å². The minimum Gasteiger partial charge on any atom is -0.339 e. The van der Waals surface area contributed by atoms with Crippen LogP contribution in [0.5, 0.6) is 0 Å². The number of halogens is 1. The summed E-state index contributed by atoms with van der Waals surface area (Å²) in [5, 5.41) is 5.00. The number of aromatic nitrogens is 2. The van der Waals surface area contributed by atoms with Crippen molar-refractivity contribution in [3.8, 4) is 0 Å². The number of fused-ring (bicyclic) bond motifs is 4. The molecule has 0 saturated carbocycles. The molecule has 130 valence electrons. The van der Waals surface area contributed by atoms with Crippen LogP contribution in [0.25, 0.3) is 31.1 Å². The van der Waals surface area contributed by atoms with E-state index in [2.05, 4.69) is 10.3 Å². The van der Waals surface area contributed by atoms with Crippen molar-refractivity contribution in [1.29, 1.82) is 0 Å². The van der Waals surface area contributed by atoms with Gasteiger partial charge < -0.3 is 5.32 Å². The number of nitrogens with one attached hydrogen (secondary N) is 1. The zero-order valence-electron chi connectivity index (χ0n) is 13.9. The molecule has 3 heterocycles. The van der Waals surface area contributed by atoms with Crippen molar-refractivity contribution in [3.63, 3.8) is 0 Å². The van der Waals surface area contributed by atoms with E-state index in [-0.39, 0.29) is 5.43 Å². The number of hydrogen-bond donors (Lipinski definition) is 1. The molecule has 3 aromatic heterocycles. The molecule has 5 rings (SSSR count). The van der Waals surface area contributed by atoms with Gasteiger partial charge in [-0.05, 0) is 36.4 Å². The number of benzene rings is 2. The number of hydrogen-bond acceptors (Lipinski definition) is 5. The Morgan fingerprint density at radius 2 is 1.78 bits per heavy atom. The molecule has 0 aliphatic heterocycles. The molecule has 1 N–H and O–H groups in total. The van der Waals surface area contributed by atoms with Gasteiger partial charge in [-0.3, -0.25) is 9.78 Å². The molecule has 2 aromatic carbocycles. The molecule has 0 fully saturated rings. The molecule has 0 aliphatic carbocycles. The summed E-state index contributed by atoms with van der Waals surface area (Å²) < 4.78 is 15.2. The quantitative estimate of drug-likeness (QED) is 0.340. The number of pyridine rings is 2. The average Bonchev–Trinajstić information content (AvgIpc) is 2.69. The van der Waals surface area contributed by atoms with Crippen molar-refractivity contribution in [2.75, 3.05) is 5.32 Å². The Morgan fingerprint density at radius 3 is 2.63 bits per heavy atom. The highest BCUT2D eigenvalue weighted by Crippen LogP contribution is 2.35. The molecule has 6 heteroatoms. The van der Waals surface area contributed by atoms with Crippen molar-refractivity contribution >= 4 is 53.9 Å². The van der Waals surface area contributed by atoms with Crippen molar-refractivity contribution in [1.82, 2.24) is 9.97 Å². The van der Waals surface area contributed by atoms with Crippen molar-refractivity contribution in [2.24, 2.45) is 0 Å². The zero-order valence-corrected chi connectivity index (χ0v) is 14.8. The molecule has 0 spiro atoms. The first-order valence-electron chi connectivity index (χ1n) is 8.32. The Morgan fingerprint density at radius 1 is 0.963 bits per heavy atom. The van der Waals surface area contributed by atoms with Gasteiger partial charge in [0.05, 0.1) is 15.6 Å². The van der Waals surface area contributed by atoms with Crippen LogP contribution in [-0.2, 0) is 0 Å². The average molecular weight is 373 g/mol. The van der Waals surface area contributed by atoms with Gasteiger partial charge in [0.2, 0.25) is 0 Å². The smallest absolute Gasteiger partial charge is 0.196 e. The second-order valence-electron chi connectivity index (χ2n) is 6.11. The molecule has 0 unspecified atom stereocenters. The monoisotopic (exact) mass is 373 g/mol. The number of para-hydroxylation sites is 1. The molecule has 0 radical (unpaired) electrons. The van der Waals surface area contributed by atoms with Crippen LogP contribution in [0.4, 0.5) is 15.9 Å². The lowest BCUT2D eigenvalue weighted by Gasteiger charge is -2.11. The predicted octanol–water partition coefficient (Wildman–Crippen LogP) is 5.24. The van der Waals surface area contributed by atoms with E-state index in [0.717, 1.165) is 20.5 Å². The van der Waals surface area contributed by atoms with E-state index >= 15 is 0 Å². The van der Waals surface area contributed by atoms with Crippen LogP contribution in [0.15, 0.2) is 71.8 Å². The lowest BCUT2D eigenvalue weighted by Crippen LogP contribution is -2.05. The normalized spacial score (nSPS) is 11.3. The highest BCUT2D eigenvalue weighted by Gasteiger charge is 2.15. The van der Waals surface area contributed by atoms with Gasteiger partial charge in [-0.15, -0.1) is 11.3 Å². The Hall–Kier alpha value is -3.38. The Labute approximate surface area is 157 Å². The minimum atomic E-state index is -0.417. The van der Waals surface area contributed by atoms with Gasteiger partial charge in [-0.25, -0.2) is 9.37 Å². The maximum atomic E-state index is 13.7. The van der Waals surface area contributed by atoms with Crippen molar-refractivity contribution in [2.45, 2.75) is 0 Å². The third kappa shape index (κ3) is 2.62. The first-order valence-corrected chi connectivity index (χ1v) is 9.14. The fraction of sp³-hybridized carbons (Fsp3) is 0. The summed E-state index contributed by atoms with van der Waals surface area (Å²) in [6.45, 7) is 0. The van der Waals surface area contributed by atoms with E-state index in [4.69, 9.17) is 4.98 Å². The summed E-state index contributed by atoms with van der Waals surface area (Å²) in [5.74, 6) is 0.183. The van der Waals surface area contributed by atoms with E-state index in [1.54, 1.807) is 18.5 Å². The fourth-order valence-electron chi connectivity index (χ4n) is 3.19. The van der Waals surface area contributed by atoms with Crippen LogP contribution in [0.1, 0.15) is 0 Å². The van der Waals surface area contributed by atoms with Crippen molar-refractivity contribution in [3.05, 3.63) is 83.0 Å². The topological polar surface area (TPSA) is 54.9 Å². The first kappa shape index (κ1) is 15.8. The second-order valence-corrected chi connectivity index (χ2v) is 7.17. The third-order valence-corrected chi connectivity index (χ3v) is 5.59. The van der Waals surface area contributed by atoms with Crippen LogP contribution in [-0.4, -0.2) is 9.97 Å². The summed E-state index contributed by atoms with van der Waals surface area (Å²) in [6.07, 6.45) is 3.37. The summed E-state index contributed by atoms with van der Waals surface area (Å²) in [6, 6.07) is 15.5.